The quantitative estimate of drug-likeness (QED) is 0.495. The molecule has 0 atom stereocenters. The van der Waals surface area contributed by atoms with Gasteiger partial charge in [0, 0.05) is 18.2 Å². The maximum atomic E-state index is 11.1. The molecule has 2 rings (SSSR count). The molecule has 0 aromatic carbocycles. The second-order valence-electron chi connectivity index (χ2n) is 3.42. The minimum absolute atomic E-state index is 0.352. The number of nitrogens with one attached hydrogen (secondary N) is 1. The van der Waals surface area contributed by atoms with Crippen LogP contribution in [0.5, 0.6) is 0 Å². The zero-order valence-corrected chi connectivity index (χ0v) is 9.88. The lowest BCUT2D eigenvalue weighted by molar-refractivity contribution is -0.137. The number of H-pyrrole nitrogens is 1. The Morgan fingerprint density at radius 1 is 1.61 bits per heavy atom. The Morgan fingerprint density at radius 2 is 2.50 bits per heavy atom. The lowest BCUT2D eigenvalue weighted by Gasteiger charge is -1.92. The number of carbonyl (C=O) groups excluding carboxylic acids is 1. The van der Waals surface area contributed by atoms with E-state index in [0.717, 1.165) is 5.57 Å². The fraction of sp³-hybridized carbons (Fsp3) is 0.154. The molecular weight excluding hydrogens is 230 g/mol. The van der Waals surface area contributed by atoms with Gasteiger partial charge < -0.3 is 4.74 Å². The summed E-state index contributed by atoms with van der Waals surface area (Å²) in [6, 6.07) is 0. The molecule has 0 bridgehead atoms. The first-order valence-corrected chi connectivity index (χ1v) is 5.53. The van der Waals surface area contributed by atoms with Crippen molar-refractivity contribution < 1.29 is 9.53 Å². The predicted molar refractivity (Wildman–Crippen MR) is 67.0 cm³/mol. The molecule has 0 saturated carbocycles. The summed E-state index contributed by atoms with van der Waals surface area (Å²) in [5.74, 6) is 0.667. The summed E-state index contributed by atoms with van der Waals surface area (Å²) < 4.78 is 4.76. The molecule has 0 unspecified atom stereocenters. The van der Waals surface area contributed by atoms with Crippen LogP contribution in [0.4, 0.5) is 0 Å². The maximum absolute atomic E-state index is 11.1. The van der Waals surface area contributed by atoms with Crippen LogP contribution in [0.15, 0.2) is 30.4 Å². The van der Waals surface area contributed by atoms with Gasteiger partial charge in [-0.25, -0.2) is 4.79 Å². The number of rotatable bonds is 4. The lowest BCUT2D eigenvalue weighted by Crippen LogP contribution is -1.98. The predicted octanol–water partition coefficient (Wildman–Crippen LogP) is 1.69. The van der Waals surface area contributed by atoms with Crippen molar-refractivity contribution in [1.82, 2.24) is 15.2 Å². The highest BCUT2D eigenvalue weighted by Gasteiger charge is 2.12. The van der Waals surface area contributed by atoms with Gasteiger partial charge in [-0.05, 0) is 13.0 Å². The van der Waals surface area contributed by atoms with Crippen molar-refractivity contribution in [2.45, 2.75) is 6.92 Å². The first kappa shape index (κ1) is 12.0. The highest BCUT2D eigenvalue weighted by Crippen LogP contribution is 2.14. The van der Waals surface area contributed by atoms with Gasteiger partial charge in [0.15, 0.2) is 0 Å². The van der Waals surface area contributed by atoms with Crippen LogP contribution in [0.3, 0.4) is 0 Å². The summed E-state index contributed by atoms with van der Waals surface area (Å²) in [5, 5.41) is 6.78. The van der Waals surface area contributed by atoms with Crippen molar-refractivity contribution >= 4 is 17.6 Å². The van der Waals surface area contributed by atoms with Crippen LogP contribution in [0, 0.1) is 6.08 Å². The molecule has 5 nitrogen and oxygen atoms in total. The molecule has 5 heteroatoms. The van der Waals surface area contributed by atoms with Gasteiger partial charge in [-0.15, -0.1) is 5.10 Å². The van der Waals surface area contributed by atoms with Gasteiger partial charge in [0.1, 0.15) is 23.5 Å². The second-order valence-corrected chi connectivity index (χ2v) is 3.42. The largest absolute Gasteiger partial charge is 0.463 e. The molecule has 1 N–H and O–H groups in total. The number of ether oxygens (including phenoxy) is 1. The van der Waals surface area contributed by atoms with E-state index in [4.69, 9.17) is 4.74 Å². The van der Waals surface area contributed by atoms with Crippen molar-refractivity contribution in [3.63, 3.8) is 0 Å². The van der Waals surface area contributed by atoms with Gasteiger partial charge in [-0.1, -0.05) is 0 Å². The van der Waals surface area contributed by atoms with Gasteiger partial charge in [0.05, 0.1) is 12.7 Å². The fourth-order valence-corrected chi connectivity index (χ4v) is 1.35. The second kappa shape index (κ2) is 5.70. The number of allylic oxidation sites excluding steroid dienone is 6. The smallest absolute Gasteiger partial charge is 0.330 e. The molecule has 0 aliphatic heterocycles. The number of hydrogen-bond donors (Lipinski definition) is 1. The average molecular weight is 242 g/mol. The van der Waals surface area contributed by atoms with Crippen molar-refractivity contribution in [1.29, 1.82) is 0 Å². The van der Waals surface area contributed by atoms with Gasteiger partial charge in [-0.2, -0.15) is 4.98 Å². The zero-order valence-electron chi connectivity index (χ0n) is 9.88. The van der Waals surface area contributed by atoms with Crippen molar-refractivity contribution in [3.05, 3.63) is 48.1 Å². The Labute approximate surface area is 105 Å². The number of aromatic nitrogens is 3. The summed E-state index contributed by atoms with van der Waals surface area (Å²) in [7, 11) is 0. The van der Waals surface area contributed by atoms with Crippen LogP contribution in [-0.4, -0.2) is 27.8 Å². The first-order valence-electron chi connectivity index (χ1n) is 5.53. The van der Waals surface area contributed by atoms with Crippen LogP contribution < -0.4 is 0 Å². The van der Waals surface area contributed by atoms with Gasteiger partial charge in [0.25, 0.3) is 0 Å². The first-order chi connectivity index (χ1) is 8.79. The molecule has 0 fully saturated rings. The lowest BCUT2D eigenvalue weighted by atomic mass is 10.1. The summed E-state index contributed by atoms with van der Waals surface area (Å²) in [6.45, 7) is 2.11. The summed E-state index contributed by atoms with van der Waals surface area (Å²) in [4.78, 5) is 15.3. The van der Waals surface area contributed by atoms with E-state index in [9.17, 15) is 4.79 Å². The molecule has 1 aromatic rings. The van der Waals surface area contributed by atoms with Gasteiger partial charge >= 0.3 is 5.97 Å². The Balaban J connectivity index is 2.07. The van der Waals surface area contributed by atoms with Gasteiger partial charge in [0.2, 0.25) is 5.82 Å². The van der Waals surface area contributed by atoms with Crippen LogP contribution in [0.2, 0.25) is 0 Å². The Morgan fingerprint density at radius 3 is 3.22 bits per heavy atom. The van der Waals surface area contributed by atoms with E-state index in [1.54, 1.807) is 19.1 Å². The number of aromatic amines is 1. The highest BCUT2D eigenvalue weighted by molar-refractivity contribution is 5.86. The van der Waals surface area contributed by atoms with E-state index in [2.05, 4.69) is 21.3 Å². The number of hydrogen-bond acceptors (Lipinski definition) is 4. The van der Waals surface area contributed by atoms with Crippen molar-refractivity contribution in [3.8, 4) is 0 Å². The summed E-state index contributed by atoms with van der Waals surface area (Å²) in [5.41, 5.74) is 0.865. The maximum Gasteiger partial charge on any atom is 0.330 e. The molecule has 1 aliphatic carbocycles. The Bertz CT molecular complexity index is 550. The molecule has 18 heavy (non-hydrogen) atoms. The number of esters is 1. The molecule has 0 radical (unpaired) electrons. The third kappa shape index (κ3) is 2.99. The average Bonchev–Trinajstić information content (AvgIpc) is 2.87. The van der Waals surface area contributed by atoms with E-state index in [1.807, 2.05) is 12.2 Å². The zero-order chi connectivity index (χ0) is 12.8. The molecule has 0 spiro atoms. The van der Waals surface area contributed by atoms with Crippen LogP contribution in [0.25, 0.3) is 11.6 Å². The van der Waals surface area contributed by atoms with E-state index in [1.165, 1.54) is 12.2 Å². The monoisotopic (exact) mass is 242 g/mol. The number of nitrogens with zero attached hydrogens (tertiary/aromatic N) is 2. The molecule has 1 aromatic heterocycles. The summed E-state index contributed by atoms with van der Waals surface area (Å²) in [6.07, 6.45) is 13.1. The van der Waals surface area contributed by atoms with Crippen LogP contribution in [-0.2, 0) is 9.53 Å². The molecule has 0 amide bonds. The Kier molecular flexibility index (Phi) is 3.79. The van der Waals surface area contributed by atoms with E-state index >= 15 is 0 Å². The molecule has 1 heterocycles. The SMILES string of the molecule is CCOC(=O)/C=C/c1nc(C2=CC=C[C+]=C2)n[nH]1. The summed E-state index contributed by atoms with van der Waals surface area (Å²) >= 11 is 0. The van der Waals surface area contributed by atoms with Crippen molar-refractivity contribution in [2.24, 2.45) is 0 Å². The third-order valence-corrected chi connectivity index (χ3v) is 2.13. The molecule has 0 saturated heterocycles. The standard InChI is InChI=1S/C13H11N3O2/c1-2-18-12(17)9-8-11-14-13(16-15-11)10-6-4-3-5-7-10/h3-4,6-9H,2H2,1H3/p+1. The topological polar surface area (TPSA) is 67.9 Å². The highest BCUT2D eigenvalue weighted by atomic mass is 16.5. The van der Waals surface area contributed by atoms with E-state index < -0.39 is 5.97 Å². The number of carbonyl (C=O) groups is 1. The normalized spacial score (nSPS) is 13.5. The Hall–Kier alpha value is -2.52. The third-order valence-electron chi connectivity index (χ3n) is 2.13. The fourth-order valence-electron chi connectivity index (χ4n) is 1.35. The minimum Gasteiger partial charge on any atom is -0.463 e. The van der Waals surface area contributed by atoms with E-state index in [-0.39, 0.29) is 0 Å². The molecule has 90 valence electrons. The van der Waals surface area contributed by atoms with Gasteiger partial charge in [-0.3, -0.25) is 5.10 Å². The van der Waals surface area contributed by atoms with Crippen molar-refractivity contribution in [2.75, 3.05) is 6.61 Å². The molecule has 1 aliphatic rings. The molecular formula is C13H12N3O2+. The minimum atomic E-state index is -0.400. The van der Waals surface area contributed by atoms with E-state index in [0.29, 0.717) is 18.3 Å². The van der Waals surface area contributed by atoms with Crippen LogP contribution >= 0.6 is 0 Å². The van der Waals surface area contributed by atoms with Crippen LogP contribution in [0.1, 0.15) is 18.6 Å².